The van der Waals surface area contributed by atoms with Crippen LogP contribution < -0.4 is 9.47 Å². The van der Waals surface area contributed by atoms with Crippen LogP contribution in [0.1, 0.15) is 42.1 Å². The smallest absolute Gasteiger partial charge is 0.149 e. The lowest BCUT2D eigenvalue weighted by atomic mass is 9.91. The van der Waals surface area contributed by atoms with Crippen LogP contribution in [-0.4, -0.2) is 31.1 Å². The minimum absolute atomic E-state index is 0.139. The predicted molar refractivity (Wildman–Crippen MR) is 126 cm³/mol. The molecule has 3 aromatic rings. The first-order chi connectivity index (χ1) is 15.4. The molecule has 1 saturated heterocycles. The van der Waals surface area contributed by atoms with Crippen molar-refractivity contribution in [3.05, 3.63) is 95.6 Å². The average Bonchev–Trinajstić information content (AvgIpc) is 2.85. The Bertz CT molecular complexity index is 1020. The van der Waals surface area contributed by atoms with Gasteiger partial charge in [-0.25, -0.2) is 0 Å². The molecule has 2 aliphatic rings. The molecule has 3 aromatic carbocycles. The Labute approximate surface area is 184 Å². The van der Waals surface area contributed by atoms with E-state index >= 15 is 0 Å². The van der Waals surface area contributed by atoms with E-state index in [1.807, 2.05) is 18.2 Å². The zero-order valence-corrected chi connectivity index (χ0v) is 17.9. The Balaban J connectivity index is 1.32. The van der Waals surface area contributed by atoms with Crippen molar-refractivity contribution in [3.63, 3.8) is 0 Å². The van der Waals surface area contributed by atoms with Gasteiger partial charge in [-0.2, -0.15) is 0 Å². The number of likely N-dealkylation sites (tertiary alicyclic amines) is 1. The third-order valence-electron chi connectivity index (χ3n) is 6.17. The van der Waals surface area contributed by atoms with Gasteiger partial charge in [-0.1, -0.05) is 67.1 Å². The minimum Gasteiger partial charge on any atom is -0.492 e. The van der Waals surface area contributed by atoms with Crippen LogP contribution in [0.4, 0.5) is 0 Å². The minimum atomic E-state index is -0.139. The highest BCUT2D eigenvalue weighted by atomic mass is 16.5. The van der Waals surface area contributed by atoms with Gasteiger partial charge in [-0.3, -0.25) is 4.90 Å². The van der Waals surface area contributed by atoms with E-state index in [1.165, 1.54) is 43.5 Å². The first-order valence-corrected chi connectivity index (χ1v) is 11.3. The van der Waals surface area contributed by atoms with Crippen molar-refractivity contribution in [2.45, 2.75) is 25.4 Å². The summed E-state index contributed by atoms with van der Waals surface area (Å²) >= 11 is 0. The van der Waals surface area contributed by atoms with Crippen molar-refractivity contribution < 1.29 is 9.47 Å². The lowest BCUT2D eigenvalue weighted by Crippen LogP contribution is -2.33. The Morgan fingerprint density at radius 2 is 1.55 bits per heavy atom. The van der Waals surface area contributed by atoms with E-state index in [2.05, 4.69) is 71.6 Å². The normalized spacial score (nSPS) is 18.6. The Hall–Kier alpha value is -3.04. The van der Waals surface area contributed by atoms with Gasteiger partial charge in [0.2, 0.25) is 0 Å². The van der Waals surface area contributed by atoms with Crippen molar-refractivity contribution >= 4 is 11.6 Å². The fraction of sp³-hybridized carbons (Fsp3) is 0.286. The second-order valence-corrected chi connectivity index (χ2v) is 8.32. The van der Waals surface area contributed by atoms with Gasteiger partial charge in [-0.15, -0.1) is 0 Å². The van der Waals surface area contributed by atoms with Gasteiger partial charge in [0.1, 0.15) is 24.2 Å². The highest BCUT2D eigenvalue weighted by molar-refractivity contribution is 5.87. The first-order valence-electron chi connectivity index (χ1n) is 11.3. The zero-order valence-electron chi connectivity index (χ0n) is 17.9. The average molecular weight is 412 g/mol. The third kappa shape index (κ3) is 4.67. The van der Waals surface area contributed by atoms with Crippen molar-refractivity contribution in [1.29, 1.82) is 0 Å². The molecule has 1 fully saturated rings. The van der Waals surface area contributed by atoms with E-state index in [0.29, 0.717) is 0 Å². The maximum absolute atomic E-state index is 6.47. The SMILES string of the molecule is C1=C(c2ccccc2)[C@H](c2ccc(OCCN3CCCCC3)cc2)Oc2ccccc21. The molecule has 31 heavy (non-hydrogen) atoms. The Kier molecular flexibility index (Phi) is 6.03. The number of hydrogen-bond donors (Lipinski definition) is 0. The van der Waals surface area contributed by atoms with Crippen LogP contribution in [0.25, 0.3) is 11.6 Å². The molecule has 0 bridgehead atoms. The topological polar surface area (TPSA) is 21.7 Å². The molecule has 0 amide bonds. The molecule has 5 rings (SSSR count). The van der Waals surface area contributed by atoms with E-state index in [9.17, 15) is 0 Å². The zero-order chi connectivity index (χ0) is 20.9. The van der Waals surface area contributed by atoms with Crippen molar-refractivity contribution in [3.8, 4) is 11.5 Å². The van der Waals surface area contributed by atoms with E-state index in [0.717, 1.165) is 35.8 Å². The van der Waals surface area contributed by atoms with Crippen LogP contribution in [-0.2, 0) is 0 Å². The lowest BCUT2D eigenvalue weighted by Gasteiger charge is -2.28. The van der Waals surface area contributed by atoms with Crippen LogP contribution in [0, 0.1) is 0 Å². The summed E-state index contributed by atoms with van der Waals surface area (Å²) in [5, 5.41) is 0. The fourth-order valence-corrected chi connectivity index (χ4v) is 4.47. The van der Waals surface area contributed by atoms with Crippen molar-refractivity contribution in [1.82, 2.24) is 4.90 Å². The number of benzene rings is 3. The molecule has 3 nitrogen and oxygen atoms in total. The van der Waals surface area contributed by atoms with E-state index in [4.69, 9.17) is 9.47 Å². The predicted octanol–water partition coefficient (Wildman–Crippen LogP) is 6.23. The molecular weight excluding hydrogens is 382 g/mol. The largest absolute Gasteiger partial charge is 0.492 e. The van der Waals surface area contributed by atoms with Crippen molar-refractivity contribution in [2.75, 3.05) is 26.2 Å². The summed E-state index contributed by atoms with van der Waals surface area (Å²) in [5.41, 5.74) is 4.62. The second-order valence-electron chi connectivity index (χ2n) is 8.32. The molecule has 0 radical (unpaired) electrons. The van der Waals surface area contributed by atoms with E-state index in [-0.39, 0.29) is 6.10 Å². The third-order valence-corrected chi connectivity index (χ3v) is 6.17. The Morgan fingerprint density at radius 1 is 0.806 bits per heavy atom. The molecule has 0 saturated carbocycles. The van der Waals surface area contributed by atoms with Gasteiger partial charge >= 0.3 is 0 Å². The van der Waals surface area contributed by atoms with Gasteiger partial charge in [0, 0.05) is 17.7 Å². The summed E-state index contributed by atoms with van der Waals surface area (Å²) in [7, 11) is 0. The summed E-state index contributed by atoms with van der Waals surface area (Å²) in [5.74, 6) is 1.84. The van der Waals surface area contributed by atoms with Gasteiger partial charge in [-0.05, 0) is 61.3 Å². The van der Waals surface area contributed by atoms with Gasteiger partial charge < -0.3 is 9.47 Å². The summed E-state index contributed by atoms with van der Waals surface area (Å²) < 4.78 is 12.5. The molecule has 3 heteroatoms. The number of hydrogen-bond acceptors (Lipinski definition) is 3. The highest BCUT2D eigenvalue weighted by Gasteiger charge is 2.25. The van der Waals surface area contributed by atoms with Crippen molar-refractivity contribution in [2.24, 2.45) is 0 Å². The van der Waals surface area contributed by atoms with Crippen LogP contribution >= 0.6 is 0 Å². The van der Waals surface area contributed by atoms with Crippen LogP contribution in [0.5, 0.6) is 11.5 Å². The van der Waals surface area contributed by atoms with Gasteiger partial charge in [0.15, 0.2) is 0 Å². The molecule has 0 N–H and O–H groups in total. The molecule has 0 aromatic heterocycles. The first kappa shape index (κ1) is 19.9. The fourth-order valence-electron chi connectivity index (χ4n) is 4.47. The molecule has 2 heterocycles. The molecule has 1 atom stereocenters. The highest BCUT2D eigenvalue weighted by Crippen LogP contribution is 2.42. The maximum atomic E-state index is 6.47. The van der Waals surface area contributed by atoms with Crippen LogP contribution in [0.3, 0.4) is 0 Å². The van der Waals surface area contributed by atoms with Gasteiger partial charge in [0.25, 0.3) is 0 Å². The molecule has 0 spiro atoms. The van der Waals surface area contributed by atoms with Gasteiger partial charge in [0.05, 0.1) is 0 Å². The summed E-state index contributed by atoms with van der Waals surface area (Å²) in [4.78, 5) is 2.50. The molecule has 0 aliphatic carbocycles. The summed E-state index contributed by atoms with van der Waals surface area (Å²) in [6.45, 7) is 4.15. The number of nitrogens with zero attached hydrogens (tertiary/aromatic N) is 1. The lowest BCUT2D eigenvalue weighted by molar-refractivity contribution is 0.183. The molecular formula is C28H29NO2. The summed E-state index contributed by atoms with van der Waals surface area (Å²) in [6.07, 6.45) is 6.11. The van der Waals surface area contributed by atoms with Crippen LogP contribution in [0.2, 0.25) is 0 Å². The maximum Gasteiger partial charge on any atom is 0.149 e. The summed E-state index contributed by atoms with van der Waals surface area (Å²) in [6, 6.07) is 27.1. The monoisotopic (exact) mass is 411 g/mol. The standard InChI is InChI=1S/C28H29NO2/c1-3-9-22(10-4-1)26-21-24-11-5-6-12-27(24)31-28(26)23-13-15-25(16-14-23)30-20-19-29-17-7-2-8-18-29/h1,3-6,9-16,21,28H,2,7-8,17-20H2/t28-/m0/s1. The number of para-hydroxylation sites is 1. The number of piperidine rings is 1. The molecule has 0 unspecified atom stereocenters. The van der Waals surface area contributed by atoms with E-state index in [1.54, 1.807) is 0 Å². The van der Waals surface area contributed by atoms with Crippen LogP contribution in [0.15, 0.2) is 78.9 Å². The van der Waals surface area contributed by atoms with E-state index < -0.39 is 0 Å². The molecule has 158 valence electrons. The number of ether oxygens (including phenoxy) is 2. The quantitative estimate of drug-likeness (QED) is 0.480. The second kappa shape index (κ2) is 9.40. The Morgan fingerprint density at radius 3 is 2.35 bits per heavy atom. The number of rotatable bonds is 6. The molecule has 2 aliphatic heterocycles. The number of fused-ring (bicyclic) bond motifs is 1.